The number of benzene rings is 1. The fourth-order valence-corrected chi connectivity index (χ4v) is 2.41. The summed E-state index contributed by atoms with van der Waals surface area (Å²) in [4.78, 5) is 14.0. The third kappa shape index (κ3) is 3.96. The second-order valence-electron chi connectivity index (χ2n) is 5.24. The van der Waals surface area contributed by atoms with Gasteiger partial charge in [-0.25, -0.2) is 0 Å². The fourth-order valence-electron chi connectivity index (χ4n) is 2.41. The Labute approximate surface area is 115 Å². The van der Waals surface area contributed by atoms with Crippen LogP contribution in [-0.2, 0) is 11.0 Å². The van der Waals surface area contributed by atoms with Crippen molar-refractivity contribution in [1.29, 1.82) is 0 Å². The number of amides is 1. The second kappa shape index (κ2) is 5.83. The van der Waals surface area contributed by atoms with Crippen LogP contribution in [0.1, 0.15) is 18.4 Å². The minimum atomic E-state index is -4.35. The predicted octanol–water partition coefficient (Wildman–Crippen LogP) is 2.99. The Kier molecular flexibility index (Phi) is 4.32. The maximum atomic E-state index is 12.4. The molecule has 2 rings (SSSR count). The molecule has 0 aliphatic carbocycles. The van der Waals surface area contributed by atoms with Gasteiger partial charge < -0.3 is 10.2 Å². The van der Waals surface area contributed by atoms with E-state index in [9.17, 15) is 18.0 Å². The lowest BCUT2D eigenvalue weighted by atomic mass is 10.0. The molecule has 3 nitrogen and oxygen atoms in total. The van der Waals surface area contributed by atoms with Crippen LogP contribution in [0.3, 0.4) is 0 Å². The van der Waals surface area contributed by atoms with Crippen LogP contribution in [0.5, 0.6) is 0 Å². The second-order valence-corrected chi connectivity index (χ2v) is 5.24. The predicted molar refractivity (Wildman–Crippen MR) is 70.3 cm³/mol. The molecule has 1 aliphatic heterocycles. The molecule has 1 aromatic carbocycles. The Morgan fingerprint density at radius 2 is 2.00 bits per heavy atom. The molecule has 0 aromatic heterocycles. The first-order chi connectivity index (χ1) is 9.34. The lowest BCUT2D eigenvalue weighted by Gasteiger charge is -2.11. The Hall–Kier alpha value is -1.56. The van der Waals surface area contributed by atoms with E-state index in [0.29, 0.717) is 18.0 Å². The van der Waals surface area contributed by atoms with E-state index < -0.39 is 11.7 Å². The van der Waals surface area contributed by atoms with Crippen LogP contribution in [0.4, 0.5) is 18.9 Å². The van der Waals surface area contributed by atoms with E-state index in [2.05, 4.69) is 10.2 Å². The highest BCUT2D eigenvalue weighted by Gasteiger charge is 2.30. The number of hydrogen-bond acceptors (Lipinski definition) is 2. The van der Waals surface area contributed by atoms with Crippen LogP contribution in [0.15, 0.2) is 24.3 Å². The molecule has 1 aromatic rings. The number of alkyl halides is 3. The quantitative estimate of drug-likeness (QED) is 0.926. The first kappa shape index (κ1) is 14.8. The average Bonchev–Trinajstić information content (AvgIpc) is 2.74. The summed E-state index contributed by atoms with van der Waals surface area (Å²) in [6.45, 7) is 1.87. The van der Waals surface area contributed by atoms with Gasteiger partial charge in [-0.05, 0) is 50.2 Å². The summed E-state index contributed by atoms with van der Waals surface area (Å²) in [5.74, 6) is 0.180. The number of rotatable bonds is 3. The van der Waals surface area contributed by atoms with Crippen LogP contribution in [0.2, 0.25) is 0 Å². The monoisotopic (exact) mass is 286 g/mol. The van der Waals surface area contributed by atoms with Crippen molar-refractivity contribution in [1.82, 2.24) is 4.90 Å². The molecule has 1 aliphatic rings. The number of anilines is 1. The van der Waals surface area contributed by atoms with Gasteiger partial charge in [0.1, 0.15) is 0 Å². The summed E-state index contributed by atoms with van der Waals surface area (Å²) in [5, 5.41) is 2.64. The van der Waals surface area contributed by atoms with Gasteiger partial charge in [0, 0.05) is 18.7 Å². The first-order valence-electron chi connectivity index (χ1n) is 6.50. The molecule has 1 amide bonds. The van der Waals surface area contributed by atoms with Crippen molar-refractivity contribution in [3.8, 4) is 0 Å². The van der Waals surface area contributed by atoms with Crippen LogP contribution in [0.25, 0.3) is 0 Å². The van der Waals surface area contributed by atoms with Crippen LogP contribution < -0.4 is 5.32 Å². The fraction of sp³-hybridized carbons (Fsp3) is 0.500. The number of halogens is 3. The summed E-state index contributed by atoms with van der Waals surface area (Å²) < 4.78 is 37.2. The number of carbonyl (C=O) groups is 1. The Balaban J connectivity index is 1.88. The Morgan fingerprint density at radius 3 is 2.50 bits per heavy atom. The highest BCUT2D eigenvalue weighted by molar-refractivity contribution is 5.90. The van der Waals surface area contributed by atoms with Crippen molar-refractivity contribution in [2.75, 3.05) is 25.5 Å². The smallest absolute Gasteiger partial charge is 0.326 e. The van der Waals surface area contributed by atoms with Gasteiger partial charge in [-0.3, -0.25) is 4.79 Å². The molecule has 0 spiro atoms. The van der Waals surface area contributed by atoms with Crippen molar-refractivity contribution < 1.29 is 18.0 Å². The van der Waals surface area contributed by atoms with Crippen molar-refractivity contribution >= 4 is 11.6 Å². The van der Waals surface area contributed by atoms with Crippen LogP contribution in [-0.4, -0.2) is 30.9 Å². The van der Waals surface area contributed by atoms with E-state index in [0.717, 1.165) is 31.6 Å². The Morgan fingerprint density at radius 1 is 1.35 bits per heavy atom. The maximum Gasteiger partial charge on any atom is 0.416 e. The molecule has 1 N–H and O–H groups in total. The van der Waals surface area contributed by atoms with Crippen molar-refractivity contribution in [2.24, 2.45) is 5.92 Å². The van der Waals surface area contributed by atoms with Crippen molar-refractivity contribution in [3.63, 3.8) is 0 Å². The number of nitrogens with one attached hydrogen (secondary N) is 1. The highest BCUT2D eigenvalue weighted by Crippen LogP contribution is 2.29. The van der Waals surface area contributed by atoms with E-state index in [1.54, 1.807) is 0 Å². The molecule has 1 fully saturated rings. The van der Waals surface area contributed by atoms with Crippen LogP contribution >= 0.6 is 0 Å². The Bertz CT molecular complexity index is 470. The van der Waals surface area contributed by atoms with E-state index in [1.807, 2.05) is 7.05 Å². The minimum Gasteiger partial charge on any atom is -0.326 e. The van der Waals surface area contributed by atoms with E-state index in [1.165, 1.54) is 12.1 Å². The molecule has 1 heterocycles. The SMILES string of the molecule is CN1CCC(CC(=O)Nc2ccc(C(F)(F)F)cc2)C1. The number of nitrogens with zero attached hydrogens (tertiary/aromatic N) is 1. The van der Waals surface area contributed by atoms with Gasteiger partial charge >= 0.3 is 6.18 Å². The molecule has 0 bridgehead atoms. The van der Waals surface area contributed by atoms with E-state index in [-0.39, 0.29) is 5.91 Å². The normalized spacial score (nSPS) is 20.1. The third-order valence-electron chi connectivity index (χ3n) is 3.46. The molecule has 1 saturated heterocycles. The zero-order valence-corrected chi connectivity index (χ0v) is 11.2. The van der Waals surface area contributed by atoms with Crippen molar-refractivity contribution in [2.45, 2.75) is 19.0 Å². The van der Waals surface area contributed by atoms with Gasteiger partial charge in [0.15, 0.2) is 0 Å². The number of carbonyl (C=O) groups excluding carboxylic acids is 1. The number of hydrogen-bond donors (Lipinski definition) is 1. The zero-order chi connectivity index (χ0) is 14.8. The molecule has 6 heteroatoms. The summed E-state index contributed by atoms with van der Waals surface area (Å²) in [7, 11) is 2.01. The van der Waals surface area contributed by atoms with Crippen molar-refractivity contribution in [3.05, 3.63) is 29.8 Å². The third-order valence-corrected chi connectivity index (χ3v) is 3.46. The molecule has 1 atom stereocenters. The molecule has 0 saturated carbocycles. The molecular weight excluding hydrogens is 269 g/mol. The van der Waals surface area contributed by atoms with E-state index >= 15 is 0 Å². The lowest BCUT2D eigenvalue weighted by Crippen LogP contribution is -2.19. The van der Waals surface area contributed by atoms with Gasteiger partial charge in [0.2, 0.25) is 5.91 Å². The molecule has 1 unspecified atom stereocenters. The molecular formula is C14H17F3N2O. The first-order valence-corrected chi connectivity index (χ1v) is 6.50. The molecule has 20 heavy (non-hydrogen) atoms. The van der Waals surface area contributed by atoms with Gasteiger partial charge in [-0.15, -0.1) is 0 Å². The summed E-state index contributed by atoms with van der Waals surface area (Å²) in [6, 6.07) is 4.50. The molecule has 0 radical (unpaired) electrons. The van der Waals surface area contributed by atoms with Gasteiger partial charge in [-0.2, -0.15) is 13.2 Å². The van der Waals surface area contributed by atoms with E-state index in [4.69, 9.17) is 0 Å². The highest BCUT2D eigenvalue weighted by atomic mass is 19.4. The summed E-state index contributed by atoms with van der Waals surface area (Å²) in [6.07, 6.45) is -2.96. The minimum absolute atomic E-state index is 0.148. The zero-order valence-electron chi connectivity index (χ0n) is 11.2. The topological polar surface area (TPSA) is 32.3 Å². The van der Waals surface area contributed by atoms with Gasteiger partial charge in [0.25, 0.3) is 0 Å². The average molecular weight is 286 g/mol. The number of likely N-dealkylation sites (tertiary alicyclic amines) is 1. The van der Waals surface area contributed by atoms with Gasteiger partial charge in [-0.1, -0.05) is 0 Å². The lowest BCUT2D eigenvalue weighted by molar-refractivity contribution is -0.137. The summed E-state index contributed by atoms with van der Waals surface area (Å²) in [5.41, 5.74) is -0.317. The maximum absolute atomic E-state index is 12.4. The standard InChI is InChI=1S/C14H17F3N2O/c1-19-7-6-10(9-19)8-13(20)18-12-4-2-11(3-5-12)14(15,16)17/h2-5,10H,6-9H2,1H3,(H,18,20). The van der Waals surface area contributed by atoms with Gasteiger partial charge in [0.05, 0.1) is 5.56 Å². The summed E-state index contributed by atoms with van der Waals surface area (Å²) >= 11 is 0. The largest absolute Gasteiger partial charge is 0.416 e. The molecule has 110 valence electrons. The van der Waals surface area contributed by atoms with Crippen LogP contribution in [0, 0.1) is 5.92 Å².